The lowest BCUT2D eigenvalue weighted by atomic mass is 10.2. The minimum Gasteiger partial charge on any atom is -0.495 e. The highest BCUT2D eigenvalue weighted by Gasteiger charge is 2.01. The van der Waals surface area contributed by atoms with Gasteiger partial charge in [0.2, 0.25) is 0 Å². The molecule has 2 aromatic carbocycles. The van der Waals surface area contributed by atoms with E-state index in [9.17, 15) is 0 Å². The molecule has 0 saturated carbocycles. The number of hydrogen-bond acceptors (Lipinski definition) is 2. The summed E-state index contributed by atoms with van der Waals surface area (Å²) in [5, 5.41) is 3.89. The Morgan fingerprint density at radius 2 is 1.94 bits per heavy atom. The zero-order valence-electron chi connectivity index (χ0n) is 10.2. The highest BCUT2D eigenvalue weighted by molar-refractivity contribution is 6.32. The van der Waals surface area contributed by atoms with Gasteiger partial charge in [-0.15, -0.1) is 0 Å². The molecule has 2 rings (SSSR count). The largest absolute Gasteiger partial charge is 0.495 e. The van der Waals surface area contributed by atoms with Crippen molar-refractivity contribution in [1.29, 1.82) is 0 Å². The molecule has 0 heterocycles. The van der Waals surface area contributed by atoms with Gasteiger partial charge in [-0.3, -0.25) is 0 Å². The molecule has 0 amide bonds. The summed E-state index contributed by atoms with van der Waals surface area (Å²) in [6.07, 6.45) is 0. The van der Waals surface area contributed by atoms with E-state index in [1.165, 1.54) is 0 Å². The zero-order valence-corrected chi connectivity index (χ0v) is 10.9. The molecule has 0 bridgehead atoms. The molecule has 0 aliphatic carbocycles. The second kappa shape index (κ2) is 6.43. The summed E-state index contributed by atoms with van der Waals surface area (Å²) in [6.45, 7) is 2.72. The van der Waals surface area contributed by atoms with Gasteiger partial charge in [0, 0.05) is 6.54 Å². The molecule has 0 atom stereocenters. The van der Waals surface area contributed by atoms with Gasteiger partial charge in [0.05, 0.1) is 18.7 Å². The number of ether oxygens (including phenoxy) is 1. The molecule has 0 fully saturated rings. The molecule has 2 nitrogen and oxygen atoms in total. The number of halogens is 1. The normalized spacial score (nSPS) is 10.3. The molecule has 93 valence electrons. The highest BCUT2D eigenvalue weighted by atomic mass is 35.5. The topological polar surface area (TPSA) is 21.3 Å². The van der Waals surface area contributed by atoms with Gasteiger partial charge in [-0.2, -0.15) is 0 Å². The van der Waals surface area contributed by atoms with Crippen LogP contribution < -0.4 is 10.1 Å². The lowest BCUT2D eigenvalue weighted by Gasteiger charge is -2.07. The van der Waals surface area contributed by atoms with Gasteiger partial charge in [-0.25, -0.2) is 0 Å². The Labute approximate surface area is 113 Å². The molecule has 1 radical (unpaired) electrons. The fraction of sp³-hybridized carbons (Fsp3) is 0.133. The Morgan fingerprint density at radius 3 is 2.61 bits per heavy atom. The minimum atomic E-state index is 0.636. The molecule has 0 aromatic heterocycles. The highest BCUT2D eigenvalue weighted by Crippen LogP contribution is 2.24. The molecule has 18 heavy (non-hydrogen) atoms. The average Bonchev–Trinajstić information content (AvgIpc) is 2.40. The minimum absolute atomic E-state index is 0.636. The van der Waals surface area contributed by atoms with Crippen LogP contribution in [0.4, 0.5) is 0 Å². The predicted molar refractivity (Wildman–Crippen MR) is 74.7 cm³/mol. The summed E-state index contributed by atoms with van der Waals surface area (Å²) in [5.41, 5.74) is 2.27. The van der Waals surface area contributed by atoms with Crippen molar-refractivity contribution in [3.63, 3.8) is 0 Å². The van der Waals surface area contributed by atoms with Crippen molar-refractivity contribution < 1.29 is 4.74 Å². The van der Waals surface area contributed by atoms with Crippen LogP contribution in [0.5, 0.6) is 5.75 Å². The third-order valence-corrected chi connectivity index (χ3v) is 2.89. The summed E-state index contributed by atoms with van der Waals surface area (Å²) in [4.78, 5) is 0. The van der Waals surface area contributed by atoms with Crippen LogP contribution in [-0.2, 0) is 6.54 Å². The number of hydrogen-bond donors (Lipinski definition) is 1. The number of methoxy groups -OCH3 is 1. The van der Waals surface area contributed by atoms with Crippen molar-refractivity contribution >= 4 is 11.6 Å². The maximum absolute atomic E-state index is 6.06. The van der Waals surface area contributed by atoms with Crippen LogP contribution >= 0.6 is 11.6 Å². The van der Waals surface area contributed by atoms with Gasteiger partial charge < -0.3 is 10.1 Å². The summed E-state index contributed by atoms with van der Waals surface area (Å²) >= 11 is 6.06. The fourth-order valence-corrected chi connectivity index (χ4v) is 1.94. The number of benzene rings is 2. The van der Waals surface area contributed by atoms with E-state index < -0.39 is 0 Å². The van der Waals surface area contributed by atoms with Gasteiger partial charge in [-0.1, -0.05) is 48.0 Å². The summed E-state index contributed by atoms with van der Waals surface area (Å²) in [5.74, 6) is 0.701. The molecule has 3 heteroatoms. The van der Waals surface area contributed by atoms with E-state index in [-0.39, 0.29) is 0 Å². The van der Waals surface area contributed by atoms with Crippen LogP contribution in [0.3, 0.4) is 0 Å². The Hall–Kier alpha value is -1.51. The zero-order chi connectivity index (χ0) is 12.8. The average molecular weight is 261 g/mol. The van der Waals surface area contributed by atoms with E-state index in [4.69, 9.17) is 16.3 Å². The molecule has 0 saturated heterocycles. The second-order valence-corrected chi connectivity index (χ2v) is 4.31. The van der Waals surface area contributed by atoms with E-state index in [1.807, 2.05) is 55.1 Å². The molecular weight excluding hydrogens is 246 g/mol. The van der Waals surface area contributed by atoms with Gasteiger partial charge in [-0.05, 0) is 23.3 Å². The summed E-state index contributed by atoms with van der Waals surface area (Å²) in [6, 6.07) is 15.9. The van der Waals surface area contributed by atoms with Gasteiger partial charge in [0.1, 0.15) is 5.75 Å². The summed E-state index contributed by atoms with van der Waals surface area (Å²) in [7, 11) is 1.61. The lowest BCUT2D eigenvalue weighted by molar-refractivity contribution is 0.415. The van der Waals surface area contributed by atoms with Crippen LogP contribution in [0, 0.1) is 6.54 Å². The Morgan fingerprint density at radius 1 is 1.17 bits per heavy atom. The van der Waals surface area contributed by atoms with Crippen molar-refractivity contribution in [2.45, 2.75) is 6.54 Å². The summed E-state index contributed by atoms with van der Waals surface area (Å²) < 4.78 is 5.11. The van der Waals surface area contributed by atoms with Crippen molar-refractivity contribution in [1.82, 2.24) is 5.32 Å². The third-order valence-electron chi connectivity index (χ3n) is 2.59. The Balaban J connectivity index is 1.89. The molecule has 1 N–H and O–H groups in total. The van der Waals surface area contributed by atoms with E-state index in [2.05, 4.69) is 5.32 Å². The monoisotopic (exact) mass is 260 g/mol. The Bertz CT molecular complexity index is 499. The quantitative estimate of drug-likeness (QED) is 0.886. The Kier molecular flexibility index (Phi) is 4.62. The van der Waals surface area contributed by atoms with Crippen LogP contribution in [0.25, 0.3) is 0 Å². The van der Waals surface area contributed by atoms with E-state index in [1.54, 1.807) is 7.11 Å². The van der Waals surface area contributed by atoms with E-state index in [0.717, 1.165) is 17.7 Å². The molecular formula is C15H15ClNO. The third kappa shape index (κ3) is 3.49. The molecule has 0 aliphatic rings. The first-order chi connectivity index (χ1) is 8.79. The van der Waals surface area contributed by atoms with Gasteiger partial charge in [0.15, 0.2) is 0 Å². The maximum Gasteiger partial charge on any atom is 0.137 e. The fourth-order valence-electron chi connectivity index (χ4n) is 1.66. The molecule has 0 unspecified atom stereocenters. The molecule has 0 spiro atoms. The first-order valence-electron chi connectivity index (χ1n) is 5.73. The SMILES string of the molecule is COc1ccc(CN[CH]c2ccccc2)cc1Cl. The molecule has 2 aromatic rings. The lowest BCUT2D eigenvalue weighted by Crippen LogP contribution is -2.10. The van der Waals surface area contributed by atoms with Crippen molar-refractivity contribution in [2.75, 3.05) is 7.11 Å². The first-order valence-corrected chi connectivity index (χ1v) is 6.11. The van der Waals surface area contributed by atoms with Crippen molar-refractivity contribution in [3.8, 4) is 5.75 Å². The van der Waals surface area contributed by atoms with Crippen molar-refractivity contribution in [2.24, 2.45) is 0 Å². The smallest absolute Gasteiger partial charge is 0.137 e. The number of rotatable bonds is 5. The van der Waals surface area contributed by atoms with Crippen LogP contribution in [0.2, 0.25) is 5.02 Å². The number of nitrogens with one attached hydrogen (secondary N) is 1. The van der Waals surface area contributed by atoms with Gasteiger partial charge >= 0.3 is 0 Å². The predicted octanol–water partition coefficient (Wildman–Crippen LogP) is 3.65. The first kappa shape index (κ1) is 12.9. The maximum atomic E-state index is 6.06. The van der Waals surface area contributed by atoms with E-state index in [0.29, 0.717) is 10.8 Å². The van der Waals surface area contributed by atoms with Crippen LogP contribution in [-0.4, -0.2) is 7.11 Å². The standard InChI is InChI=1S/C15H15ClNO/c1-18-15-8-7-13(9-14(15)16)11-17-10-12-5-3-2-4-6-12/h2-10,17H,11H2,1H3. The second-order valence-electron chi connectivity index (χ2n) is 3.90. The van der Waals surface area contributed by atoms with Crippen LogP contribution in [0.1, 0.15) is 11.1 Å². The van der Waals surface area contributed by atoms with Crippen molar-refractivity contribution in [3.05, 3.63) is 71.2 Å². The van der Waals surface area contributed by atoms with Crippen LogP contribution in [0.15, 0.2) is 48.5 Å². The van der Waals surface area contributed by atoms with E-state index >= 15 is 0 Å². The van der Waals surface area contributed by atoms with Gasteiger partial charge in [0.25, 0.3) is 0 Å². The molecule has 0 aliphatic heterocycles.